The normalized spacial score (nSPS) is 11.3. The van der Waals surface area contributed by atoms with Gasteiger partial charge in [-0.1, -0.05) is 12.1 Å². The number of H-pyrrole nitrogens is 1. The van der Waals surface area contributed by atoms with Crippen molar-refractivity contribution in [2.75, 3.05) is 10.6 Å². The SMILES string of the molecule is NC(=O)c1cccc(-c2ccc3c(NC(=O)Nc4ccc(C(F)(F)F)cc4)c[nH]c3n2)c1. The number of amides is 3. The van der Waals surface area contributed by atoms with Gasteiger partial charge in [0.25, 0.3) is 0 Å². The molecule has 0 unspecified atom stereocenters. The van der Waals surface area contributed by atoms with Crippen LogP contribution >= 0.6 is 0 Å². The minimum atomic E-state index is -4.45. The van der Waals surface area contributed by atoms with Gasteiger partial charge in [0.05, 0.1) is 16.9 Å². The van der Waals surface area contributed by atoms with E-state index in [4.69, 9.17) is 5.73 Å². The average molecular weight is 439 g/mol. The van der Waals surface area contributed by atoms with Crippen LogP contribution in [0.25, 0.3) is 22.3 Å². The van der Waals surface area contributed by atoms with Gasteiger partial charge in [-0.25, -0.2) is 9.78 Å². The monoisotopic (exact) mass is 439 g/mol. The van der Waals surface area contributed by atoms with Gasteiger partial charge in [0.15, 0.2) is 0 Å². The van der Waals surface area contributed by atoms with Crippen LogP contribution in [0.3, 0.4) is 0 Å². The maximum absolute atomic E-state index is 12.6. The standard InChI is InChI=1S/C22H16F3N5O2/c23-22(24,25)14-4-6-15(7-5-14)28-21(32)30-18-11-27-20-16(18)8-9-17(29-20)12-2-1-3-13(10-12)19(26)31/h1-11H,(H2,26,31)(H,27,29)(H2,28,30,32). The molecule has 2 aromatic heterocycles. The molecule has 0 aliphatic rings. The molecule has 0 spiro atoms. The lowest BCUT2D eigenvalue weighted by molar-refractivity contribution is -0.137. The zero-order valence-corrected chi connectivity index (χ0v) is 16.3. The molecule has 0 saturated heterocycles. The summed E-state index contributed by atoms with van der Waals surface area (Å²) in [6.45, 7) is 0. The summed E-state index contributed by atoms with van der Waals surface area (Å²) in [5.74, 6) is -0.543. The van der Waals surface area contributed by atoms with E-state index in [-0.39, 0.29) is 5.69 Å². The predicted octanol–water partition coefficient (Wildman–Crippen LogP) is 4.99. The number of carbonyl (C=O) groups is 2. The van der Waals surface area contributed by atoms with Crippen LogP contribution in [0.15, 0.2) is 66.9 Å². The van der Waals surface area contributed by atoms with E-state index in [2.05, 4.69) is 20.6 Å². The summed E-state index contributed by atoms with van der Waals surface area (Å²) in [5, 5.41) is 5.75. The van der Waals surface area contributed by atoms with Crippen LogP contribution in [-0.2, 0) is 6.18 Å². The number of aromatic amines is 1. The topological polar surface area (TPSA) is 113 Å². The molecule has 0 aliphatic heterocycles. The molecule has 162 valence electrons. The molecule has 0 fully saturated rings. The fourth-order valence-electron chi connectivity index (χ4n) is 3.13. The third-order valence-electron chi connectivity index (χ3n) is 4.70. The van der Waals surface area contributed by atoms with E-state index in [1.807, 2.05) is 0 Å². The second-order valence-electron chi connectivity index (χ2n) is 6.89. The van der Waals surface area contributed by atoms with E-state index in [0.29, 0.717) is 33.5 Å². The molecule has 0 aliphatic carbocycles. The minimum absolute atomic E-state index is 0.213. The van der Waals surface area contributed by atoms with E-state index in [0.717, 1.165) is 12.1 Å². The lowest BCUT2D eigenvalue weighted by atomic mass is 10.1. The Balaban J connectivity index is 1.50. The smallest absolute Gasteiger partial charge is 0.366 e. The summed E-state index contributed by atoms with van der Waals surface area (Å²) in [6.07, 6.45) is -2.90. The first kappa shape index (κ1) is 20.9. The van der Waals surface area contributed by atoms with Gasteiger partial charge in [-0.3, -0.25) is 4.79 Å². The number of hydrogen-bond donors (Lipinski definition) is 4. The number of hydrogen-bond acceptors (Lipinski definition) is 3. The van der Waals surface area contributed by atoms with Gasteiger partial charge in [0, 0.05) is 28.4 Å². The molecule has 3 amide bonds. The first-order chi connectivity index (χ1) is 15.2. The third-order valence-corrected chi connectivity index (χ3v) is 4.70. The average Bonchev–Trinajstić information content (AvgIpc) is 3.15. The fraction of sp³-hybridized carbons (Fsp3) is 0.0455. The summed E-state index contributed by atoms with van der Waals surface area (Å²) < 4.78 is 37.9. The van der Waals surface area contributed by atoms with Crippen molar-refractivity contribution in [1.82, 2.24) is 9.97 Å². The molecule has 4 aromatic rings. The van der Waals surface area contributed by atoms with Gasteiger partial charge >= 0.3 is 12.2 Å². The number of carbonyl (C=O) groups excluding carboxylic acids is 2. The number of fused-ring (bicyclic) bond motifs is 1. The molecule has 0 bridgehead atoms. The number of benzene rings is 2. The van der Waals surface area contributed by atoms with Crippen molar-refractivity contribution in [3.8, 4) is 11.3 Å². The number of primary amides is 1. The number of rotatable bonds is 4. The van der Waals surface area contributed by atoms with E-state index >= 15 is 0 Å². The Kier molecular flexibility index (Phi) is 5.27. The highest BCUT2D eigenvalue weighted by atomic mass is 19.4. The second-order valence-corrected chi connectivity index (χ2v) is 6.89. The first-order valence-corrected chi connectivity index (χ1v) is 9.34. The van der Waals surface area contributed by atoms with Crippen molar-refractivity contribution < 1.29 is 22.8 Å². The molecule has 0 atom stereocenters. The quantitative estimate of drug-likeness (QED) is 0.359. The molecule has 32 heavy (non-hydrogen) atoms. The number of aromatic nitrogens is 2. The second kappa shape index (κ2) is 8.06. The van der Waals surface area contributed by atoms with Gasteiger partial charge in [-0.2, -0.15) is 13.2 Å². The molecule has 0 saturated carbocycles. The number of nitrogens with zero attached hydrogens (tertiary/aromatic N) is 1. The third kappa shape index (κ3) is 4.38. The Bertz CT molecular complexity index is 1310. The van der Waals surface area contributed by atoms with Crippen molar-refractivity contribution >= 4 is 34.3 Å². The number of nitrogens with one attached hydrogen (secondary N) is 3. The maximum Gasteiger partial charge on any atom is 0.416 e. The lowest BCUT2D eigenvalue weighted by Crippen LogP contribution is -2.19. The molecule has 2 aromatic carbocycles. The Morgan fingerprint density at radius 1 is 0.969 bits per heavy atom. The number of anilines is 2. The highest BCUT2D eigenvalue weighted by Crippen LogP contribution is 2.30. The largest absolute Gasteiger partial charge is 0.416 e. The van der Waals surface area contributed by atoms with Crippen LogP contribution in [0.5, 0.6) is 0 Å². The summed E-state index contributed by atoms with van der Waals surface area (Å²) in [7, 11) is 0. The fourth-order valence-corrected chi connectivity index (χ4v) is 3.13. The Morgan fingerprint density at radius 3 is 2.41 bits per heavy atom. The first-order valence-electron chi connectivity index (χ1n) is 9.34. The van der Waals surface area contributed by atoms with E-state index in [9.17, 15) is 22.8 Å². The van der Waals surface area contributed by atoms with Crippen molar-refractivity contribution in [2.45, 2.75) is 6.18 Å². The summed E-state index contributed by atoms with van der Waals surface area (Å²) in [6, 6.07) is 13.7. The van der Waals surface area contributed by atoms with Gasteiger partial charge < -0.3 is 21.4 Å². The van der Waals surface area contributed by atoms with Gasteiger partial charge in [-0.05, 0) is 48.5 Å². The highest BCUT2D eigenvalue weighted by Gasteiger charge is 2.30. The van der Waals surface area contributed by atoms with Crippen LogP contribution in [0.4, 0.5) is 29.3 Å². The Hall–Kier alpha value is -4.34. The summed E-state index contributed by atoms with van der Waals surface area (Å²) in [4.78, 5) is 31.1. The van der Waals surface area contributed by atoms with E-state index in [1.165, 1.54) is 12.1 Å². The summed E-state index contributed by atoms with van der Waals surface area (Å²) >= 11 is 0. The van der Waals surface area contributed by atoms with Crippen LogP contribution in [0, 0.1) is 0 Å². The molecule has 10 heteroatoms. The molecular weight excluding hydrogens is 423 g/mol. The number of urea groups is 1. The van der Waals surface area contributed by atoms with Crippen LogP contribution in [0.2, 0.25) is 0 Å². The molecule has 4 rings (SSSR count). The lowest BCUT2D eigenvalue weighted by Gasteiger charge is -2.09. The number of nitrogens with two attached hydrogens (primary N) is 1. The minimum Gasteiger partial charge on any atom is -0.366 e. The van der Waals surface area contributed by atoms with Gasteiger partial charge in [0.1, 0.15) is 5.65 Å². The van der Waals surface area contributed by atoms with Crippen molar-refractivity contribution in [2.24, 2.45) is 5.73 Å². The maximum atomic E-state index is 12.6. The van der Waals surface area contributed by atoms with Crippen molar-refractivity contribution in [1.29, 1.82) is 0 Å². The molecule has 2 heterocycles. The zero-order chi connectivity index (χ0) is 22.9. The molecule has 0 radical (unpaired) electrons. The molecule has 7 nitrogen and oxygen atoms in total. The van der Waals surface area contributed by atoms with E-state index in [1.54, 1.807) is 42.6 Å². The molecule has 5 N–H and O–H groups in total. The van der Waals surface area contributed by atoms with Gasteiger partial charge in [-0.15, -0.1) is 0 Å². The van der Waals surface area contributed by atoms with Gasteiger partial charge in [0.2, 0.25) is 5.91 Å². The van der Waals surface area contributed by atoms with E-state index < -0.39 is 23.7 Å². The van der Waals surface area contributed by atoms with Crippen LogP contribution in [-0.4, -0.2) is 21.9 Å². The summed E-state index contributed by atoms with van der Waals surface area (Å²) in [5.41, 5.74) is 7.33. The zero-order valence-electron chi connectivity index (χ0n) is 16.3. The number of pyridine rings is 1. The molecular formula is C22H16F3N5O2. The van der Waals surface area contributed by atoms with Crippen LogP contribution in [0.1, 0.15) is 15.9 Å². The van der Waals surface area contributed by atoms with Crippen LogP contribution < -0.4 is 16.4 Å². The Labute approximate surface area is 179 Å². The Morgan fingerprint density at radius 2 is 1.72 bits per heavy atom. The van der Waals surface area contributed by atoms with Crippen molar-refractivity contribution in [3.63, 3.8) is 0 Å². The predicted molar refractivity (Wildman–Crippen MR) is 114 cm³/mol. The highest BCUT2D eigenvalue weighted by molar-refractivity contribution is 6.05. The number of halogens is 3. The number of alkyl halides is 3. The van der Waals surface area contributed by atoms with Crippen molar-refractivity contribution in [3.05, 3.63) is 78.0 Å².